The van der Waals surface area contributed by atoms with E-state index in [9.17, 15) is 25.5 Å². The maximum atomic E-state index is 9.76. The first kappa shape index (κ1) is 16.9. The van der Waals surface area contributed by atoms with Gasteiger partial charge in [-0.2, -0.15) is 0 Å². The van der Waals surface area contributed by atoms with Gasteiger partial charge in [-0.1, -0.05) is 6.07 Å². The standard InChI is InChI=1S/C14H20O8/c1-20-9-4-7(2-3-8(9)15)5-21-6-10-11(16)12(17)13(18)14(19)22-10/h2-4,10-19H,5-6H2,1H3/t10-,11-,12+,13-,14+/m1/s1. The highest BCUT2D eigenvalue weighted by atomic mass is 16.6. The van der Waals surface area contributed by atoms with Gasteiger partial charge in [0.15, 0.2) is 17.8 Å². The van der Waals surface area contributed by atoms with Gasteiger partial charge in [-0.15, -0.1) is 0 Å². The molecule has 1 aliphatic rings. The summed E-state index contributed by atoms with van der Waals surface area (Å²) >= 11 is 0. The SMILES string of the molecule is COc1cc(COC[C@H]2O[C@H](O)[C@H](O)[C@@H](O)[C@@H]2O)ccc1O. The molecule has 0 amide bonds. The monoisotopic (exact) mass is 316 g/mol. The fraction of sp³-hybridized carbons (Fsp3) is 0.571. The molecule has 8 nitrogen and oxygen atoms in total. The third-order valence-corrected chi connectivity index (χ3v) is 3.48. The third kappa shape index (κ3) is 3.67. The number of methoxy groups -OCH3 is 1. The molecule has 2 rings (SSSR count). The molecule has 124 valence electrons. The Kier molecular flexibility index (Phi) is 5.57. The summed E-state index contributed by atoms with van der Waals surface area (Å²) in [6.07, 6.45) is -6.99. The van der Waals surface area contributed by atoms with Crippen molar-refractivity contribution >= 4 is 0 Å². The number of phenolic OH excluding ortho intramolecular Hbond substituents is 1. The van der Waals surface area contributed by atoms with Crippen molar-refractivity contribution < 1.29 is 39.7 Å². The number of benzene rings is 1. The van der Waals surface area contributed by atoms with Gasteiger partial charge in [-0.25, -0.2) is 0 Å². The molecular weight excluding hydrogens is 296 g/mol. The minimum atomic E-state index is -1.58. The number of aromatic hydroxyl groups is 1. The van der Waals surface area contributed by atoms with Crippen molar-refractivity contribution in [2.24, 2.45) is 0 Å². The molecule has 1 fully saturated rings. The van der Waals surface area contributed by atoms with Crippen molar-refractivity contribution in [3.63, 3.8) is 0 Å². The lowest BCUT2D eigenvalue weighted by Crippen LogP contribution is -2.58. The normalized spacial score (nSPS) is 32.0. The van der Waals surface area contributed by atoms with Crippen molar-refractivity contribution in [2.75, 3.05) is 13.7 Å². The molecule has 1 heterocycles. The maximum absolute atomic E-state index is 9.76. The summed E-state index contributed by atoms with van der Waals surface area (Å²) in [5.41, 5.74) is 0.723. The molecular formula is C14H20O8. The molecule has 8 heteroatoms. The van der Waals surface area contributed by atoms with Crippen molar-refractivity contribution in [3.05, 3.63) is 23.8 Å². The minimum absolute atomic E-state index is 0.0116. The third-order valence-electron chi connectivity index (χ3n) is 3.48. The van der Waals surface area contributed by atoms with E-state index < -0.39 is 30.7 Å². The van der Waals surface area contributed by atoms with E-state index in [1.54, 1.807) is 12.1 Å². The Morgan fingerprint density at radius 3 is 2.50 bits per heavy atom. The lowest BCUT2D eigenvalue weighted by Gasteiger charge is -2.38. The molecule has 5 atom stereocenters. The van der Waals surface area contributed by atoms with Gasteiger partial charge in [-0.3, -0.25) is 0 Å². The van der Waals surface area contributed by atoms with Gasteiger partial charge in [0, 0.05) is 0 Å². The molecule has 0 saturated carbocycles. The lowest BCUT2D eigenvalue weighted by atomic mass is 9.99. The van der Waals surface area contributed by atoms with Crippen molar-refractivity contribution in [3.8, 4) is 11.5 Å². The van der Waals surface area contributed by atoms with E-state index in [4.69, 9.17) is 14.2 Å². The lowest BCUT2D eigenvalue weighted by molar-refractivity contribution is -0.289. The Morgan fingerprint density at radius 2 is 1.82 bits per heavy atom. The zero-order valence-electron chi connectivity index (χ0n) is 12.0. The highest BCUT2D eigenvalue weighted by Crippen LogP contribution is 2.26. The second-order valence-corrected chi connectivity index (χ2v) is 5.06. The van der Waals surface area contributed by atoms with Crippen LogP contribution in [0.2, 0.25) is 0 Å². The molecule has 0 aromatic heterocycles. The van der Waals surface area contributed by atoms with Crippen LogP contribution in [-0.2, 0) is 16.1 Å². The van der Waals surface area contributed by atoms with Crippen molar-refractivity contribution in [1.29, 1.82) is 0 Å². The molecule has 22 heavy (non-hydrogen) atoms. The zero-order chi connectivity index (χ0) is 16.3. The second-order valence-electron chi connectivity index (χ2n) is 5.06. The second kappa shape index (κ2) is 7.23. The Labute approximate surface area is 127 Å². The molecule has 1 aliphatic heterocycles. The Bertz CT molecular complexity index is 494. The van der Waals surface area contributed by atoms with Crippen LogP contribution in [0.3, 0.4) is 0 Å². The number of aliphatic hydroxyl groups is 4. The quantitative estimate of drug-likeness (QED) is 0.454. The average Bonchev–Trinajstić information content (AvgIpc) is 2.51. The molecule has 0 spiro atoms. The summed E-state index contributed by atoms with van der Waals surface area (Å²) in [6, 6.07) is 4.71. The highest BCUT2D eigenvalue weighted by Gasteiger charge is 2.42. The first-order valence-electron chi connectivity index (χ1n) is 6.75. The van der Waals surface area contributed by atoms with Gasteiger partial charge in [0.05, 0.1) is 20.3 Å². The van der Waals surface area contributed by atoms with Crippen LogP contribution in [0.4, 0.5) is 0 Å². The van der Waals surface area contributed by atoms with Crippen LogP contribution in [0.5, 0.6) is 11.5 Å². The average molecular weight is 316 g/mol. The molecule has 0 bridgehead atoms. The van der Waals surface area contributed by atoms with Gasteiger partial charge in [0.2, 0.25) is 0 Å². The molecule has 0 aliphatic carbocycles. The number of hydrogen-bond acceptors (Lipinski definition) is 8. The predicted molar refractivity (Wildman–Crippen MR) is 73.2 cm³/mol. The van der Waals surface area contributed by atoms with Crippen LogP contribution in [0, 0.1) is 0 Å². The van der Waals surface area contributed by atoms with Gasteiger partial charge in [0.1, 0.15) is 24.4 Å². The number of phenols is 1. The van der Waals surface area contributed by atoms with Crippen molar-refractivity contribution in [2.45, 2.75) is 37.3 Å². The van der Waals surface area contributed by atoms with E-state index >= 15 is 0 Å². The Hall–Kier alpha value is -1.42. The largest absolute Gasteiger partial charge is 0.504 e. The smallest absolute Gasteiger partial charge is 0.184 e. The number of hydrogen-bond donors (Lipinski definition) is 5. The van der Waals surface area contributed by atoms with E-state index in [1.165, 1.54) is 13.2 Å². The fourth-order valence-corrected chi connectivity index (χ4v) is 2.17. The minimum Gasteiger partial charge on any atom is -0.504 e. The predicted octanol–water partition coefficient (Wildman–Crippen LogP) is -1.28. The first-order chi connectivity index (χ1) is 10.4. The van der Waals surface area contributed by atoms with Gasteiger partial charge in [-0.05, 0) is 17.7 Å². The van der Waals surface area contributed by atoms with Crippen LogP contribution in [0.25, 0.3) is 0 Å². The fourth-order valence-electron chi connectivity index (χ4n) is 2.17. The van der Waals surface area contributed by atoms with Crippen LogP contribution in [0.1, 0.15) is 5.56 Å². The maximum Gasteiger partial charge on any atom is 0.184 e. The summed E-state index contributed by atoms with van der Waals surface area (Å²) in [5, 5.41) is 47.6. The van der Waals surface area contributed by atoms with Crippen LogP contribution in [-0.4, -0.2) is 70.0 Å². The number of rotatable bonds is 5. The zero-order valence-corrected chi connectivity index (χ0v) is 12.0. The summed E-state index contributed by atoms with van der Waals surface area (Å²) < 4.78 is 15.3. The Balaban J connectivity index is 1.88. The Morgan fingerprint density at radius 1 is 1.09 bits per heavy atom. The van der Waals surface area contributed by atoms with Gasteiger partial charge in [0.25, 0.3) is 0 Å². The first-order valence-corrected chi connectivity index (χ1v) is 6.75. The van der Waals surface area contributed by atoms with E-state index in [0.717, 1.165) is 5.56 Å². The van der Waals surface area contributed by atoms with E-state index in [2.05, 4.69) is 0 Å². The molecule has 1 saturated heterocycles. The number of aliphatic hydroxyl groups excluding tert-OH is 4. The summed E-state index contributed by atoms with van der Waals surface area (Å²) in [6.45, 7) is 0.0587. The van der Waals surface area contributed by atoms with Crippen molar-refractivity contribution in [1.82, 2.24) is 0 Å². The van der Waals surface area contributed by atoms with E-state index in [1.807, 2.05) is 0 Å². The van der Waals surface area contributed by atoms with Crippen LogP contribution >= 0.6 is 0 Å². The van der Waals surface area contributed by atoms with E-state index in [-0.39, 0.29) is 19.0 Å². The van der Waals surface area contributed by atoms with Gasteiger partial charge >= 0.3 is 0 Å². The molecule has 1 aromatic carbocycles. The molecule has 5 N–H and O–H groups in total. The summed E-state index contributed by atoms with van der Waals surface area (Å²) in [4.78, 5) is 0. The highest BCUT2D eigenvalue weighted by molar-refractivity contribution is 5.41. The molecule has 1 aromatic rings. The summed E-state index contributed by atoms with van der Waals surface area (Å²) in [7, 11) is 1.43. The summed E-state index contributed by atoms with van der Waals surface area (Å²) in [5.74, 6) is 0.321. The topological polar surface area (TPSA) is 129 Å². The van der Waals surface area contributed by atoms with E-state index in [0.29, 0.717) is 5.75 Å². The number of ether oxygens (including phenoxy) is 3. The van der Waals surface area contributed by atoms with Gasteiger partial charge < -0.3 is 39.7 Å². The van der Waals surface area contributed by atoms with Crippen LogP contribution in [0.15, 0.2) is 18.2 Å². The molecule has 0 unspecified atom stereocenters. The van der Waals surface area contributed by atoms with Crippen LogP contribution < -0.4 is 4.74 Å². The molecule has 0 radical (unpaired) electrons.